The third kappa shape index (κ3) is 4.66. The summed E-state index contributed by atoms with van der Waals surface area (Å²) in [6.45, 7) is 9.62. The van der Waals surface area contributed by atoms with E-state index in [1.165, 1.54) is 6.42 Å². The maximum absolute atomic E-state index is 12.1. The first-order chi connectivity index (χ1) is 7.80. The Morgan fingerprint density at radius 2 is 2.00 bits per heavy atom. The Kier molecular flexibility index (Phi) is 4.99. The molecule has 100 valence electrons. The summed E-state index contributed by atoms with van der Waals surface area (Å²) in [5.41, 5.74) is 0.320. The van der Waals surface area contributed by atoms with Gasteiger partial charge < -0.3 is 9.80 Å². The van der Waals surface area contributed by atoms with E-state index in [-0.39, 0.29) is 0 Å². The minimum absolute atomic E-state index is 0.320. The summed E-state index contributed by atoms with van der Waals surface area (Å²) in [7, 11) is 4.03. The molecule has 1 heterocycles. The summed E-state index contributed by atoms with van der Waals surface area (Å²) in [4.78, 5) is 16.2. The molecule has 0 aliphatic carbocycles. The van der Waals surface area contributed by atoms with E-state index in [2.05, 4.69) is 30.6 Å². The molecular weight excluding hydrogens is 212 g/mol. The number of hydrogen-bond donors (Lipinski definition) is 0. The van der Waals surface area contributed by atoms with Crippen LogP contribution in [0.25, 0.3) is 0 Å². The second-order valence-electron chi connectivity index (χ2n) is 6.60. The van der Waals surface area contributed by atoms with Crippen LogP contribution in [0.15, 0.2) is 0 Å². The maximum atomic E-state index is 12.1. The van der Waals surface area contributed by atoms with E-state index in [0.29, 0.717) is 23.7 Å². The van der Waals surface area contributed by atoms with Crippen molar-refractivity contribution in [2.45, 2.75) is 40.0 Å². The monoisotopic (exact) mass is 240 g/mol. The number of carbonyl (C=O) groups excluding carboxylic acids is 1. The van der Waals surface area contributed by atoms with Gasteiger partial charge in [0.1, 0.15) is 0 Å². The van der Waals surface area contributed by atoms with Crippen LogP contribution in [-0.4, -0.2) is 49.4 Å². The Morgan fingerprint density at radius 1 is 1.35 bits per heavy atom. The molecule has 1 unspecified atom stereocenters. The van der Waals surface area contributed by atoms with Crippen molar-refractivity contribution in [2.24, 2.45) is 11.3 Å². The summed E-state index contributed by atoms with van der Waals surface area (Å²) in [5, 5.41) is 0. The Balaban J connectivity index is 2.46. The van der Waals surface area contributed by atoms with Crippen LogP contribution in [0.2, 0.25) is 0 Å². The first-order valence-electron chi connectivity index (χ1n) is 6.73. The molecule has 3 heteroatoms. The van der Waals surface area contributed by atoms with Crippen molar-refractivity contribution in [1.29, 1.82) is 0 Å². The van der Waals surface area contributed by atoms with Crippen molar-refractivity contribution in [3.8, 4) is 0 Å². The highest BCUT2D eigenvalue weighted by Crippen LogP contribution is 2.33. The molecule has 0 aromatic heterocycles. The molecule has 0 aromatic carbocycles. The van der Waals surface area contributed by atoms with Gasteiger partial charge in [-0.15, -0.1) is 0 Å². The molecule has 0 spiro atoms. The number of nitrogens with zero attached hydrogens (tertiary/aromatic N) is 2. The zero-order valence-corrected chi connectivity index (χ0v) is 12.1. The fourth-order valence-corrected chi connectivity index (χ4v) is 2.39. The van der Waals surface area contributed by atoms with E-state index >= 15 is 0 Å². The van der Waals surface area contributed by atoms with E-state index in [1.54, 1.807) is 0 Å². The lowest BCUT2D eigenvalue weighted by Gasteiger charge is -2.39. The predicted molar refractivity (Wildman–Crippen MR) is 71.9 cm³/mol. The molecule has 0 saturated carbocycles. The molecule has 1 rings (SSSR count). The summed E-state index contributed by atoms with van der Waals surface area (Å²) < 4.78 is 0. The number of carbonyl (C=O) groups is 1. The first kappa shape index (κ1) is 14.5. The second kappa shape index (κ2) is 5.85. The van der Waals surface area contributed by atoms with Crippen molar-refractivity contribution in [3.05, 3.63) is 0 Å². The van der Waals surface area contributed by atoms with Crippen LogP contribution >= 0.6 is 0 Å². The van der Waals surface area contributed by atoms with Gasteiger partial charge >= 0.3 is 0 Å². The molecule has 0 radical (unpaired) electrons. The molecule has 0 aromatic rings. The normalized spacial score (nSPS) is 22.0. The second-order valence-corrected chi connectivity index (χ2v) is 6.60. The quantitative estimate of drug-likeness (QED) is 0.755. The van der Waals surface area contributed by atoms with Crippen molar-refractivity contribution < 1.29 is 4.79 Å². The number of rotatable bonds is 3. The standard InChI is InChI=1S/C14H28N2O/c1-14(2,3)12-7-6-9-16(11-12)13(17)8-10-15(4)5/h12H,6-11H2,1-5H3. The van der Waals surface area contributed by atoms with Crippen LogP contribution in [0.1, 0.15) is 40.0 Å². The van der Waals surface area contributed by atoms with Crippen LogP contribution in [0.4, 0.5) is 0 Å². The molecule has 1 aliphatic rings. The lowest BCUT2D eigenvalue weighted by atomic mass is 9.76. The molecule has 3 nitrogen and oxygen atoms in total. The molecule has 0 bridgehead atoms. The van der Waals surface area contributed by atoms with Gasteiger partial charge in [0.2, 0.25) is 5.91 Å². The Bertz CT molecular complexity index is 255. The SMILES string of the molecule is CN(C)CCC(=O)N1CCCC(C(C)(C)C)C1. The summed E-state index contributed by atoms with van der Waals surface area (Å²) in [5.74, 6) is 0.979. The Labute approximate surface area is 106 Å². The fraction of sp³-hybridized carbons (Fsp3) is 0.929. The van der Waals surface area contributed by atoms with Crippen LogP contribution in [-0.2, 0) is 4.79 Å². The van der Waals surface area contributed by atoms with Crippen LogP contribution in [0.5, 0.6) is 0 Å². The highest BCUT2D eigenvalue weighted by Gasteiger charge is 2.31. The van der Waals surface area contributed by atoms with E-state index in [0.717, 1.165) is 26.1 Å². The van der Waals surface area contributed by atoms with Crippen LogP contribution < -0.4 is 0 Å². The van der Waals surface area contributed by atoms with Gasteiger partial charge in [0.15, 0.2) is 0 Å². The van der Waals surface area contributed by atoms with Gasteiger partial charge in [-0.05, 0) is 38.3 Å². The predicted octanol–water partition coefficient (Wildman–Crippen LogP) is 2.22. The van der Waals surface area contributed by atoms with Gasteiger partial charge in [-0.2, -0.15) is 0 Å². The minimum atomic E-state index is 0.320. The average Bonchev–Trinajstić information content (AvgIpc) is 2.25. The minimum Gasteiger partial charge on any atom is -0.342 e. The largest absolute Gasteiger partial charge is 0.342 e. The topological polar surface area (TPSA) is 23.6 Å². The van der Waals surface area contributed by atoms with E-state index in [9.17, 15) is 4.79 Å². The van der Waals surface area contributed by atoms with E-state index in [1.807, 2.05) is 14.1 Å². The maximum Gasteiger partial charge on any atom is 0.223 e. The van der Waals surface area contributed by atoms with Gasteiger partial charge in [0.25, 0.3) is 0 Å². The summed E-state index contributed by atoms with van der Waals surface area (Å²) >= 11 is 0. The van der Waals surface area contributed by atoms with E-state index in [4.69, 9.17) is 0 Å². The molecule has 1 fully saturated rings. The van der Waals surface area contributed by atoms with E-state index < -0.39 is 0 Å². The zero-order valence-electron chi connectivity index (χ0n) is 12.1. The fourth-order valence-electron chi connectivity index (χ4n) is 2.39. The molecule has 1 amide bonds. The summed E-state index contributed by atoms with van der Waals surface area (Å²) in [6.07, 6.45) is 3.08. The molecule has 0 N–H and O–H groups in total. The number of piperidine rings is 1. The molecule has 1 saturated heterocycles. The Hall–Kier alpha value is -0.570. The van der Waals surface area contributed by atoms with Crippen molar-refractivity contribution >= 4 is 5.91 Å². The van der Waals surface area contributed by atoms with Crippen LogP contribution in [0.3, 0.4) is 0 Å². The van der Waals surface area contributed by atoms with Gasteiger partial charge in [-0.1, -0.05) is 20.8 Å². The van der Waals surface area contributed by atoms with Crippen molar-refractivity contribution in [3.63, 3.8) is 0 Å². The molecule has 17 heavy (non-hydrogen) atoms. The lowest BCUT2D eigenvalue weighted by molar-refractivity contribution is -0.134. The highest BCUT2D eigenvalue weighted by molar-refractivity contribution is 5.76. The number of amides is 1. The average molecular weight is 240 g/mol. The van der Waals surface area contributed by atoms with Gasteiger partial charge in [0, 0.05) is 26.1 Å². The van der Waals surface area contributed by atoms with Gasteiger partial charge in [-0.25, -0.2) is 0 Å². The first-order valence-corrected chi connectivity index (χ1v) is 6.73. The lowest BCUT2D eigenvalue weighted by Crippen LogP contribution is -2.44. The number of hydrogen-bond acceptors (Lipinski definition) is 2. The van der Waals surface area contributed by atoms with Crippen molar-refractivity contribution in [1.82, 2.24) is 9.80 Å². The third-order valence-electron chi connectivity index (χ3n) is 3.77. The van der Waals surface area contributed by atoms with Gasteiger partial charge in [0.05, 0.1) is 0 Å². The molecular formula is C14H28N2O. The molecule has 1 aliphatic heterocycles. The number of likely N-dealkylation sites (tertiary alicyclic amines) is 1. The third-order valence-corrected chi connectivity index (χ3v) is 3.77. The highest BCUT2D eigenvalue weighted by atomic mass is 16.2. The molecule has 1 atom stereocenters. The zero-order chi connectivity index (χ0) is 13.1. The smallest absolute Gasteiger partial charge is 0.223 e. The van der Waals surface area contributed by atoms with Crippen LogP contribution in [0, 0.1) is 11.3 Å². The Morgan fingerprint density at radius 3 is 2.53 bits per heavy atom. The summed E-state index contributed by atoms with van der Waals surface area (Å²) in [6, 6.07) is 0. The van der Waals surface area contributed by atoms with Crippen molar-refractivity contribution in [2.75, 3.05) is 33.7 Å². The van der Waals surface area contributed by atoms with Gasteiger partial charge in [-0.3, -0.25) is 4.79 Å².